The second-order valence-corrected chi connectivity index (χ2v) is 5.44. The number of nitrogens with zero attached hydrogens (tertiary/aromatic N) is 2. The molecule has 0 bridgehead atoms. The first-order valence-corrected chi connectivity index (χ1v) is 7.44. The fraction of sp³-hybridized carbons (Fsp3) is 0.412. The molecule has 4 heteroatoms. The number of anilines is 1. The quantitative estimate of drug-likeness (QED) is 0.847. The molecule has 0 aliphatic rings. The van der Waals surface area contributed by atoms with Gasteiger partial charge in [0, 0.05) is 6.54 Å². The summed E-state index contributed by atoms with van der Waals surface area (Å²) < 4.78 is 5.80. The van der Waals surface area contributed by atoms with Crippen molar-refractivity contribution in [2.75, 3.05) is 11.9 Å². The van der Waals surface area contributed by atoms with Crippen molar-refractivity contribution in [1.82, 2.24) is 9.97 Å². The van der Waals surface area contributed by atoms with Gasteiger partial charge in [-0.05, 0) is 42.5 Å². The number of aryl methyl sites for hydroxylation is 1. The van der Waals surface area contributed by atoms with Gasteiger partial charge >= 0.3 is 0 Å². The topological polar surface area (TPSA) is 47.0 Å². The van der Waals surface area contributed by atoms with Crippen LogP contribution in [0.5, 0.6) is 11.6 Å². The smallest absolute Gasteiger partial charge is 0.239 e. The van der Waals surface area contributed by atoms with Crippen molar-refractivity contribution in [3.63, 3.8) is 0 Å². The van der Waals surface area contributed by atoms with Crippen LogP contribution in [0.15, 0.2) is 30.6 Å². The first-order valence-electron chi connectivity index (χ1n) is 7.44. The van der Waals surface area contributed by atoms with Gasteiger partial charge in [0.15, 0.2) is 0 Å². The molecule has 2 aromatic rings. The van der Waals surface area contributed by atoms with Gasteiger partial charge in [0.1, 0.15) is 11.6 Å². The van der Waals surface area contributed by atoms with Crippen LogP contribution in [0.25, 0.3) is 0 Å². The highest BCUT2D eigenvalue weighted by molar-refractivity contribution is 5.39. The third-order valence-corrected chi connectivity index (χ3v) is 3.25. The predicted molar refractivity (Wildman–Crippen MR) is 86.2 cm³/mol. The van der Waals surface area contributed by atoms with Crippen LogP contribution in [0.1, 0.15) is 44.2 Å². The summed E-state index contributed by atoms with van der Waals surface area (Å²) in [7, 11) is 0. The van der Waals surface area contributed by atoms with E-state index in [0.29, 0.717) is 11.8 Å². The average Bonchev–Trinajstić information content (AvgIpc) is 2.45. The molecule has 1 aromatic carbocycles. The highest BCUT2D eigenvalue weighted by Crippen LogP contribution is 2.26. The maximum absolute atomic E-state index is 5.80. The van der Waals surface area contributed by atoms with Gasteiger partial charge in [-0.3, -0.25) is 4.98 Å². The van der Waals surface area contributed by atoms with E-state index in [0.717, 1.165) is 24.5 Å². The summed E-state index contributed by atoms with van der Waals surface area (Å²) >= 11 is 0. The van der Waals surface area contributed by atoms with Gasteiger partial charge in [-0.25, -0.2) is 0 Å². The van der Waals surface area contributed by atoms with Crippen LogP contribution in [-0.2, 0) is 0 Å². The molecule has 0 atom stereocenters. The lowest BCUT2D eigenvalue weighted by Crippen LogP contribution is -2.03. The molecular formula is C17H23N3O. The van der Waals surface area contributed by atoms with E-state index in [4.69, 9.17) is 4.74 Å². The van der Waals surface area contributed by atoms with Crippen LogP contribution in [0, 0.1) is 6.92 Å². The second-order valence-electron chi connectivity index (χ2n) is 5.44. The first-order chi connectivity index (χ1) is 10.1. The SMILES string of the molecule is CCCNc1cncc(Oc2ccc(C(C)C)c(C)c2)n1. The Morgan fingerprint density at radius 2 is 2.05 bits per heavy atom. The molecule has 21 heavy (non-hydrogen) atoms. The fourth-order valence-electron chi connectivity index (χ4n) is 2.22. The van der Waals surface area contributed by atoms with Crippen molar-refractivity contribution in [3.8, 4) is 11.6 Å². The molecule has 1 aromatic heterocycles. The van der Waals surface area contributed by atoms with Crippen molar-refractivity contribution in [2.45, 2.75) is 40.0 Å². The van der Waals surface area contributed by atoms with Crippen molar-refractivity contribution < 1.29 is 4.74 Å². The van der Waals surface area contributed by atoms with Crippen LogP contribution in [0.3, 0.4) is 0 Å². The predicted octanol–water partition coefficient (Wildman–Crippen LogP) is 4.52. The monoisotopic (exact) mass is 285 g/mol. The summed E-state index contributed by atoms with van der Waals surface area (Å²) in [6.45, 7) is 9.47. The van der Waals surface area contributed by atoms with Crippen LogP contribution < -0.4 is 10.1 Å². The molecule has 0 spiro atoms. The van der Waals surface area contributed by atoms with E-state index in [2.05, 4.69) is 49.0 Å². The van der Waals surface area contributed by atoms with E-state index in [9.17, 15) is 0 Å². The zero-order valence-corrected chi connectivity index (χ0v) is 13.2. The number of rotatable bonds is 6. The van der Waals surface area contributed by atoms with Crippen molar-refractivity contribution in [3.05, 3.63) is 41.7 Å². The highest BCUT2D eigenvalue weighted by atomic mass is 16.5. The standard InChI is InChI=1S/C17H23N3O/c1-5-8-19-16-10-18-11-17(20-16)21-14-6-7-15(12(2)3)13(4)9-14/h6-7,9-12H,5,8H2,1-4H3,(H,19,20). The molecule has 0 fully saturated rings. The molecule has 2 rings (SSSR count). The minimum absolute atomic E-state index is 0.507. The molecule has 0 amide bonds. The molecule has 0 saturated heterocycles. The number of hydrogen-bond acceptors (Lipinski definition) is 4. The van der Waals surface area contributed by atoms with Crippen LogP contribution >= 0.6 is 0 Å². The maximum atomic E-state index is 5.80. The average molecular weight is 285 g/mol. The van der Waals surface area contributed by atoms with Crippen LogP contribution in [-0.4, -0.2) is 16.5 Å². The number of benzene rings is 1. The normalized spacial score (nSPS) is 10.7. The Balaban J connectivity index is 2.12. The Hall–Kier alpha value is -2.10. The van der Waals surface area contributed by atoms with E-state index in [1.54, 1.807) is 12.4 Å². The zero-order chi connectivity index (χ0) is 15.2. The van der Waals surface area contributed by atoms with Crippen molar-refractivity contribution in [1.29, 1.82) is 0 Å². The number of hydrogen-bond donors (Lipinski definition) is 1. The molecule has 0 saturated carbocycles. The van der Waals surface area contributed by atoms with E-state index in [1.165, 1.54) is 11.1 Å². The van der Waals surface area contributed by atoms with Crippen molar-refractivity contribution >= 4 is 5.82 Å². The maximum Gasteiger partial charge on any atom is 0.239 e. The number of aromatic nitrogens is 2. The summed E-state index contributed by atoms with van der Waals surface area (Å²) in [6.07, 6.45) is 4.38. The van der Waals surface area contributed by atoms with Gasteiger partial charge in [-0.2, -0.15) is 4.98 Å². The number of ether oxygens (including phenoxy) is 1. The minimum Gasteiger partial charge on any atom is -0.437 e. The Bertz CT molecular complexity index is 596. The Kier molecular flexibility index (Phi) is 5.14. The highest BCUT2D eigenvalue weighted by Gasteiger charge is 2.06. The lowest BCUT2D eigenvalue weighted by atomic mass is 9.98. The van der Waals surface area contributed by atoms with E-state index in [1.807, 2.05) is 12.1 Å². The van der Waals surface area contributed by atoms with E-state index in [-0.39, 0.29) is 0 Å². The van der Waals surface area contributed by atoms with Gasteiger partial charge in [0.2, 0.25) is 5.88 Å². The Morgan fingerprint density at radius 3 is 2.71 bits per heavy atom. The molecule has 0 aliphatic carbocycles. The molecule has 0 unspecified atom stereocenters. The van der Waals surface area contributed by atoms with Gasteiger partial charge in [0.25, 0.3) is 0 Å². The molecule has 1 heterocycles. The third-order valence-electron chi connectivity index (χ3n) is 3.25. The minimum atomic E-state index is 0.507. The summed E-state index contributed by atoms with van der Waals surface area (Å²) in [5.74, 6) is 2.55. The van der Waals surface area contributed by atoms with Crippen molar-refractivity contribution in [2.24, 2.45) is 0 Å². The summed E-state index contributed by atoms with van der Waals surface area (Å²) in [6, 6.07) is 6.14. The van der Waals surface area contributed by atoms with Gasteiger partial charge in [-0.15, -0.1) is 0 Å². The Labute approximate surface area is 126 Å². The Morgan fingerprint density at radius 1 is 1.24 bits per heavy atom. The zero-order valence-electron chi connectivity index (χ0n) is 13.2. The first kappa shape index (κ1) is 15.3. The lowest BCUT2D eigenvalue weighted by molar-refractivity contribution is 0.460. The van der Waals surface area contributed by atoms with E-state index < -0.39 is 0 Å². The molecular weight excluding hydrogens is 262 g/mol. The summed E-state index contributed by atoms with van der Waals surface area (Å²) in [5, 5.41) is 3.20. The molecule has 112 valence electrons. The summed E-state index contributed by atoms with van der Waals surface area (Å²) in [5.41, 5.74) is 2.57. The van der Waals surface area contributed by atoms with E-state index >= 15 is 0 Å². The molecule has 0 aliphatic heterocycles. The van der Waals surface area contributed by atoms with Crippen LogP contribution in [0.4, 0.5) is 5.82 Å². The molecule has 0 radical (unpaired) electrons. The van der Waals surface area contributed by atoms with Crippen LogP contribution in [0.2, 0.25) is 0 Å². The van der Waals surface area contributed by atoms with Gasteiger partial charge < -0.3 is 10.1 Å². The second kappa shape index (κ2) is 7.07. The number of nitrogens with one attached hydrogen (secondary N) is 1. The third kappa shape index (κ3) is 4.18. The van der Waals surface area contributed by atoms with Gasteiger partial charge in [0.05, 0.1) is 12.4 Å². The molecule has 1 N–H and O–H groups in total. The summed E-state index contributed by atoms with van der Waals surface area (Å²) in [4.78, 5) is 8.55. The largest absolute Gasteiger partial charge is 0.437 e. The van der Waals surface area contributed by atoms with Gasteiger partial charge in [-0.1, -0.05) is 26.8 Å². The molecule has 4 nitrogen and oxygen atoms in total. The fourth-order valence-corrected chi connectivity index (χ4v) is 2.22. The lowest BCUT2D eigenvalue weighted by Gasteiger charge is -2.12.